The van der Waals surface area contributed by atoms with E-state index in [1.54, 1.807) is 7.11 Å². The Morgan fingerprint density at radius 2 is 1.48 bits per heavy atom. The molecule has 5 heteroatoms. The summed E-state index contributed by atoms with van der Waals surface area (Å²) in [5, 5.41) is 2.22. The van der Waals surface area contributed by atoms with Crippen LogP contribution in [-0.4, -0.2) is 50.6 Å². The van der Waals surface area contributed by atoms with Gasteiger partial charge in [-0.2, -0.15) is 0 Å². The van der Waals surface area contributed by atoms with E-state index in [-0.39, 0.29) is 5.91 Å². The summed E-state index contributed by atoms with van der Waals surface area (Å²) in [4.78, 5) is 17.2. The number of anilines is 1. The lowest BCUT2D eigenvalue weighted by Gasteiger charge is -2.36. The fraction of sp³-hybridized carbons (Fsp3) is 0.500. The van der Waals surface area contributed by atoms with Gasteiger partial charge in [0.1, 0.15) is 11.8 Å². The van der Waals surface area contributed by atoms with Crippen LogP contribution in [-0.2, 0) is 4.79 Å². The highest BCUT2D eigenvalue weighted by atomic mass is 16.5. The van der Waals surface area contributed by atoms with Crippen molar-refractivity contribution >= 4 is 11.6 Å². The molecule has 1 saturated heterocycles. The Bertz CT molecular complexity index is 823. The highest BCUT2D eigenvalue weighted by molar-refractivity contribution is 5.77. The van der Waals surface area contributed by atoms with Gasteiger partial charge in [-0.25, -0.2) is 0 Å². The minimum atomic E-state index is 0.235. The van der Waals surface area contributed by atoms with E-state index in [2.05, 4.69) is 74.3 Å². The Balaban J connectivity index is 1.52. The molecule has 0 aromatic heterocycles. The van der Waals surface area contributed by atoms with E-state index >= 15 is 0 Å². The summed E-state index contributed by atoms with van der Waals surface area (Å²) in [6.07, 6.45) is 0. The third-order valence-electron chi connectivity index (χ3n) is 6.32. The number of carbonyl (C=O) groups is 1. The van der Waals surface area contributed by atoms with Crippen LogP contribution in [0.25, 0.3) is 0 Å². The molecule has 31 heavy (non-hydrogen) atoms. The summed E-state index contributed by atoms with van der Waals surface area (Å²) in [6, 6.07) is 17.4. The van der Waals surface area contributed by atoms with Gasteiger partial charge in [-0.15, -0.1) is 0 Å². The molecule has 0 saturated carbocycles. The van der Waals surface area contributed by atoms with E-state index in [4.69, 9.17) is 4.74 Å². The molecule has 2 aromatic rings. The molecule has 0 spiro atoms. The highest BCUT2D eigenvalue weighted by Gasteiger charge is 2.25. The lowest BCUT2D eigenvalue weighted by atomic mass is 9.93. The van der Waals surface area contributed by atoms with Crippen LogP contribution in [0.1, 0.15) is 50.8 Å². The first-order valence-corrected chi connectivity index (χ1v) is 11.5. The summed E-state index contributed by atoms with van der Waals surface area (Å²) >= 11 is 0. The van der Waals surface area contributed by atoms with Gasteiger partial charge in [0.15, 0.2) is 6.54 Å². The second-order valence-corrected chi connectivity index (χ2v) is 9.10. The zero-order valence-electron chi connectivity index (χ0n) is 19.7. The number of amides is 1. The number of benzene rings is 2. The second-order valence-electron chi connectivity index (χ2n) is 9.10. The van der Waals surface area contributed by atoms with Gasteiger partial charge in [0.25, 0.3) is 5.91 Å². The van der Waals surface area contributed by atoms with Crippen LogP contribution in [0.4, 0.5) is 5.69 Å². The molecular weight excluding hydrogens is 386 g/mol. The number of nitrogens with zero attached hydrogens (tertiary/aromatic N) is 2. The Hall–Kier alpha value is -2.53. The molecule has 1 heterocycles. The summed E-state index contributed by atoms with van der Waals surface area (Å²) in [6.45, 7) is 12.7. The molecule has 0 bridgehead atoms. The number of hydrogen-bond donors (Lipinski definition) is 1. The normalized spacial score (nSPS) is 15.5. The summed E-state index contributed by atoms with van der Waals surface area (Å²) < 4.78 is 5.24. The predicted octanol–water partition coefficient (Wildman–Crippen LogP) is 3.43. The van der Waals surface area contributed by atoms with E-state index in [9.17, 15) is 4.79 Å². The zero-order chi connectivity index (χ0) is 22.4. The first kappa shape index (κ1) is 23.1. The molecule has 1 amide bonds. The van der Waals surface area contributed by atoms with Crippen LogP contribution < -0.4 is 15.0 Å². The largest absolute Gasteiger partial charge is 0.497 e. The van der Waals surface area contributed by atoms with Gasteiger partial charge < -0.3 is 19.9 Å². The highest BCUT2D eigenvalue weighted by Crippen LogP contribution is 2.22. The summed E-state index contributed by atoms with van der Waals surface area (Å²) in [7, 11) is 1.68. The molecular formula is C26H38N3O2+. The van der Waals surface area contributed by atoms with Crippen LogP contribution in [0.5, 0.6) is 5.75 Å². The van der Waals surface area contributed by atoms with Gasteiger partial charge in [-0.1, -0.05) is 52.0 Å². The average Bonchev–Trinajstić information content (AvgIpc) is 2.79. The van der Waals surface area contributed by atoms with E-state index in [0.717, 1.165) is 31.9 Å². The number of methoxy groups -OCH3 is 1. The molecule has 1 atom stereocenters. The van der Waals surface area contributed by atoms with Crippen LogP contribution >= 0.6 is 0 Å². The van der Waals surface area contributed by atoms with E-state index in [0.29, 0.717) is 24.4 Å². The number of piperazine rings is 1. The number of rotatable bonds is 8. The smallest absolute Gasteiger partial charge is 0.277 e. The maximum atomic E-state index is 12.9. The lowest BCUT2D eigenvalue weighted by Crippen LogP contribution is -2.88. The second kappa shape index (κ2) is 10.7. The minimum Gasteiger partial charge on any atom is -0.497 e. The van der Waals surface area contributed by atoms with Gasteiger partial charge in [0, 0.05) is 43.3 Å². The lowest BCUT2D eigenvalue weighted by molar-refractivity contribution is -0.692. The van der Waals surface area contributed by atoms with E-state index < -0.39 is 0 Å². The maximum Gasteiger partial charge on any atom is 0.277 e. The fourth-order valence-corrected chi connectivity index (χ4v) is 4.26. The number of nitrogens with two attached hydrogens (primary N) is 1. The van der Waals surface area contributed by atoms with Crippen molar-refractivity contribution in [2.45, 2.75) is 39.7 Å². The van der Waals surface area contributed by atoms with Gasteiger partial charge in [-0.3, -0.25) is 4.79 Å². The van der Waals surface area contributed by atoms with Gasteiger partial charge in [0.05, 0.1) is 7.11 Å². The first-order valence-electron chi connectivity index (χ1n) is 11.5. The standard InChI is InChI=1S/C26H37N3O2/c1-19(2)21-6-8-22(9-7-21)26(20(3)4)27-18-25(30)29-16-14-28(15-17-29)23-10-12-24(31-5)13-11-23/h6-13,19-20,26-27H,14-18H2,1-5H3/p+1/t26-/m1/s1. The van der Waals surface area contributed by atoms with Gasteiger partial charge in [-0.05, 0) is 35.7 Å². The number of carbonyl (C=O) groups excluding carboxylic acids is 1. The topological polar surface area (TPSA) is 49.4 Å². The SMILES string of the molecule is COc1ccc(N2CCN(C(=O)C[NH2+][C@@H](c3ccc(C(C)C)cc3)C(C)C)CC2)cc1. The van der Waals surface area contributed by atoms with Crippen LogP contribution in [0, 0.1) is 5.92 Å². The van der Waals surface area contributed by atoms with E-state index in [1.165, 1.54) is 16.8 Å². The number of quaternary nitrogens is 1. The molecule has 1 fully saturated rings. The molecule has 0 radical (unpaired) electrons. The van der Waals surface area contributed by atoms with Gasteiger partial charge >= 0.3 is 0 Å². The summed E-state index contributed by atoms with van der Waals surface area (Å²) in [5.74, 6) is 2.10. The van der Waals surface area contributed by atoms with Crippen molar-refractivity contribution in [3.63, 3.8) is 0 Å². The van der Waals surface area contributed by atoms with Crippen LogP contribution in [0.3, 0.4) is 0 Å². The molecule has 5 nitrogen and oxygen atoms in total. The molecule has 3 rings (SSSR count). The van der Waals surface area contributed by atoms with Crippen molar-refractivity contribution < 1.29 is 14.8 Å². The van der Waals surface area contributed by atoms with Crippen molar-refractivity contribution in [1.29, 1.82) is 0 Å². The van der Waals surface area contributed by atoms with E-state index in [1.807, 2.05) is 17.0 Å². The minimum absolute atomic E-state index is 0.235. The van der Waals surface area contributed by atoms with Crippen molar-refractivity contribution in [2.75, 3.05) is 44.7 Å². The molecule has 2 aromatic carbocycles. The van der Waals surface area contributed by atoms with Crippen molar-refractivity contribution in [2.24, 2.45) is 5.92 Å². The van der Waals surface area contributed by atoms with Crippen molar-refractivity contribution in [3.05, 3.63) is 59.7 Å². The van der Waals surface area contributed by atoms with Crippen LogP contribution in [0.15, 0.2) is 48.5 Å². The Morgan fingerprint density at radius 3 is 2.00 bits per heavy atom. The monoisotopic (exact) mass is 424 g/mol. The maximum absolute atomic E-state index is 12.9. The third kappa shape index (κ3) is 6.01. The summed E-state index contributed by atoms with van der Waals surface area (Å²) in [5.41, 5.74) is 3.85. The quantitative estimate of drug-likeness (QED) is 0.706. The molecule has 168 valence electrons. The molecule has 1 aliphatic heterocycles. The van der Waals surface area contributed by atoms with Crippen molar-refractivity contribution in [1.82, 2.24) is 4.90 Å². The first-order chi connectivity index (χ1) is 14.9. The predicted molar refractivity (Wildman–Crippen MR) is 127 cm³/mol. The Kier molecular flexibility index (Phi) is 7.97. The Labute approximate surface area is 187 Å². The zero-order valence-corrected chi connectivity index (χ0v) is 19.7. The van der Waals surface area contributed by atoms with Gasteiger partial charge in [0.2, 0.25) is 0 Å². The van der Waals surface area contributed by atoms with Crippen molar-refractivity contribution in [3.8, 4) is 5.75 Å². The molecule has 2 N–H and O–H groups in total. The van der Waals surface area contributed by atoms with Crippen LogP contribution in [0.2, 0.25) is 0 Å². The fourth-order valence-electron chi connectivity index (χ4n) is 4.26. The third-order valence-corrected chi connectivity index (χ3v) is 6.32. The number of ether oxygens (including phenoxy) is 1. The molecule has 1 aliphatic rings. The Morgan fingerprint density at radius 1 is 0.903 bits per heavy atom. The number of hydrogen-bond acceptors (Lipinski definition) is 3. The molecule has 0 unspecified atom stereocenters. The average molecular weight is 425 g/mol. The molecule has 0 aliphatic carbocycles.